The van der Waals surface area contributed by atoms with Crippen LogP contribution in [0.2, 0.25) is 0 Å². The fourth-order valence-electron chi connectivity index (χ4n) is 5.05. The third kappa shape index (κ3) is 5.38. The van der Waals surface area contributed by atoms with Crippen molar-refractivity contribution in [2.75, 3.05) is 13.1 Å². The molecule has 2 aliphatic rings. The first-order valence-electron chi connectivity index (χ1n) is 12.9. The van der Waals surface area contributed by atoms with Crippen LogP contribution in [0, 0.1) is 5.92 Å². The van der Waals surface area contributed by atoms with E-state index in [0.29, 0.717) is 35.9 Å². The molecule has 2 fully saturated rings. The molecule has 2 aromatic carbocycles. The molecule has 214 valence electrons. The molecule has 1 saturated heterocycles. The van der Waals surface area contributed by atoms with Gasteiger partial charge in [0.05, 0.1) is 32.6 Å². The minimum absolute atomic E-state index is 0.130. The van der Waals surface area contributed by atoms with E-state index in [4.69, 9.17) is 4.74 Å². The zero-order chi connectivity index (χ0) is 28.9. The lowest BCUT2D eigenvalue weighted by atomic mass is 9.85. The highest BCUT2D eigenvalue weighted by Crippen LogP contribution is 2.40. The second-order valence-electron chi connectivity index (χ2n) is 10.7. The van der Waals surface area contributed by atoms with Gasteiger partial charge in [0.1, 0.15) is 12.1 Å². The van der Waals surface area contributed by atoms with Gasteiger partial charge in [0, 0.05) is 19.2 Å². The van der Waals surface area contributed by atoms with Crippen LogP contribution in [-0.2, 0) is 16.0 Å². The number of nitrogens with one attached hydrogen (secondary N) is 1. The first kappa shape index (κ1) is 27.9. The van der Waals surface area contributed by atoms with Crippen molar-refractivity contribution >= 4 is 15.7 Å². The lowest BCUT2D eigenvalue weighted by Crippen LogP contribution is -2.47. The molecule has 1 amide bonds. The van der Waals surface area contributed by atoms with Gasteiger partial charge in [-0.1, -0.05) is 6.07 Å². The molecule has 1 aliphatic heterocycles. The van der Waals surface area contributed by atoms with E-state index >= 15 is 0 Å². The number of carbonyl (C=O) groups excluding carboxylic acids is 1. The largest absolute Gasteiger partial charge is 0.490 e. The molecule has 1 aliphatic carbocycles. The number of hydrogen-bond acceptors (Lipinski definition) is 6. The maximum atomic E-state index is 13.6. The van der Waals surface area contributed by atoms with Gasteiger partial charge in [-0.15, -0.1) is 0 Å². The van der Waals surface area contributed by atoms with Crippen LogP contribution in [0.1, 0.15) is 55.5 Å². The molecule has 1 N–H and O–H groups in total. The molecule has 1 saturated carbocycles. The number of alkyl halides is 3. The Kier molecular flexibility index (Phi) is 7.05. The van der Waals surface area contributed by atoms with Crippen LogP contribution < -0.4 is 10.4 Å². The molecule has 3 aromatic rings. The molecular weight excluding hydrogens is 549 g/mol. The molecule has 9 nitrogen and oxygen atoms in total. The predicted molar refractivity (Wildman–Crippen MR) is 139 cm³/mol. The number of aromatic nitrogens is 3. The van der Waals surface area contributed by atoms with Gasteiger partial charge in [-0.3, -0.25) is 4.79 Å². The minimum atomic E-state index is -4.66. The number of hydrogen-bond donors (Lipinski definition) is 1. The van der Waals surface area contributed by atoms with E-state index in [9.17, 15) is 31.2 Å². The Balaban J connectivity index is 1.34. The molecule has 1 aromatic heterocycles. The van der Waals surface area contributed by atoms with Gasteiger partial charge in [-0.25, -0.2) is 23.0 Å². The summed E-state index contributed by atoms with van der Waals surface area (Å²) in [7, 11) is -4.12. The molecule has 13 heteroatoms. The molecule has 0 spiro atoms. The van der Waals surface area contributed by atoms with E-state index in [1.807, 2.05) is 0 Å². The third-order valence-corrected chi connectivity index (χ3v) is 10.3. The van der Waals surface area contributed by atoms with E-state index in [-0.39, 0.29) is 30.0 Å². The van der Waals surface area contributed by atoms with Crippen molar-refractivity contribution in [3.8, 4) is 11.4 Å². The first-order valence-corrected chi connectivity index (χ1v) is 14.4. The number of likely N-dealkylation sites (tertiary alicyclic amines) is 1. The average molecular weight is 579 g/mol. The summed E-state index contributed by atoms with van der Waals surface area (Å²) in [5.74, 6) is -0.141. The quantitative estimate of drug-likeness (QED) is 0.449. The summed E-state index contributed by atoms with van der Waals surface area (Å²) in [5, 5.41) is 2.55. The van der Waals surface area contributed by atoms with Gasteiger partial charge in [-0.05, 0) is 75.8 Å². The monoisotopic (exact) mass is 578 g/mol. The first-order chi connectivity index (χ1) is 18.8. The van der Waals surface area contributed by atoms with Crippen LogP contribution in [0.3, 0.4) is 0 Å². The van der Waals surface area contributed by atoms with E-state index in [1.165, 1.54) is 30.9 Å². The number of benzene rings is 2. The van der Waals surface area contributed by atoms with Crippen molar-refractivity contribution in [2.45, 2.75) is 61.5 Å². The van der Waals surface area contributed by atoms with Crippen molar-refractivity contribution in [1.29, 1.82) is 0 Å². The van der Waals surface area contributed by atoms with Crippen LogP contribution in [0.4, 0.5) is 13.2 Å². The van der Waals surface area contributed by atoms with E-state index < -0.39 is 37.9 Å². The Hall–Kier alpha value is -3.61. The second kappa shape index (κ2) is 10.1. The lowest BCUT2D eigenvalue weighted by molar-refractivity contribution is -0.137. The Morgan fingerprint density at radius 1 is 1.05 bits per heavy atom. The number of H-pyrrole nitrogens is 1. The van der Waals surface area contributed by atoms with E-state index in [0.717, 1.165) is 25.0 Å². The Morgan fingerprint density at radius 3 is 2.35 bits per heavy atom. The summed E-state index contributed by atoms with van der Waals surface area (Å²) in [6, 6.07) is 8.79. The fourth-order valence-corrected chi connectivity index (χ4v) is 6.87. The van der Waals surface area contributed by atoms with Gasteiger partial charge in [0.25, 0.3) is 5.91 Å². The van der Waals surface area contributed by atoms with Gasteiger partial charge < -0.3 is 9.64 Å². The number of ether oxygens (including phenoxy) is 1. The number of sulfone groups is 1. The fraction of sp³-hybridized carbons (Fsp3) is 0.444. The van der Waals surface area contributed by atoms with Crippen LogP contribution >= 0.6 is 0 Å². The van der Waals surface area contributed by atoms with Crippen molar-refractivity contribution in [3.05, 3.63) is 70.4 Å². The SMILES string of the molecule is CC(C)(C1CCN(C(=O)c2ccc(OC3CC3)cc2-n2cnc(=O)[nH]2)CC1)S(=O)(=O)c1cccc(C(F)(F)F)c1. The molecule has 0 atom stereocenters. The number of rotatable bonds is 7. The smallest absolute Gasteiger partial charge is 0.416 e. The van der Waals surface area contributed by atoms with Crippen LogP contribution in [0.25, 0.3) is 5.69 Å². The minimum Gasteiger partial charge on any atom is -0.490 e. The van der Waals surface area contributed by atoms with Crippen molar-refractivity contribution in [1.82, 2.24) is 19.7 Å². The molecule has 0 bridgehead atoms. The maximum absolute atomic E-state index is 13.6. The number of carbonyl (C=O) groups is 1. The number of piperidine rings is 1. The molecule has 2 heterocycles. The molecule has 5 rings (SSSR count). The van der Waals surface area contributed by atoms with E-state index in [2.05, 4.69) is 10.1 Å². The number of halogens is 3. The van der Waals surface area contributed by atoms with Crippen molar-refractivity contribution in [3.63, 3.8) is 0 Å². The Labute approximate surface area is 228 Å². The average Bonchev–Trinajstić information content (AvgIpc) is 3.63. The molecule has 0 unspecified atom stereocenters. The van der Waals surface area contributed by atoms with Gasteiger partial charge in [-0.2, -0.15) is 18.2 Å². The van der Waals surface area contributed by atoms with E-state index in [1.54, 1.807) is 23.1 Å². The maximum Gasteiger partial charge on any atom is 0.416 e. The lowest BCUT2D eigenvalue weighted by Gasteiger charge is -2.40. The van der Waals surface area contributed by atoms with Crippen LogP contribution in [0.15, 0.2) is 58.5 Å². The topological polar surface area (TPSA) is 114 Å². The second-order valence-corrected chi connectivity index (χ2v) is 13.3. The summed E-state index contributed by atoms with van der Waals surface area (Å²) in [6.45, 7) is 3.56. The zero-order valence-electron chi connectivity index (χ0n) is 21.9. The molecule has 0 radical (unpaired) electrons. The third-order valence-electron chi connectivity index (χ3n) is 7.72. The highest BCUT2D eigenvalue weighted by molar-refractivity contribution is 7.92. The summed E-state index contributed by atoms with van der Waals surface area (Å²) in [5.41, 5.74) is -0.885. The van der Waals surface area contributed by atoms with Crippen molar-refractivity contribution in [2.24, 2.45) is 5.92 Å². The normalized spacial score (nSPS) is 17.2. The number of nitrogens with zero attached hydrogens (tertiary/aromatic N) is 3. The Morgan fingerprint density at radius 2 is 1.75 bits per heavy atom. The number of amides is 1. The predicted octanol–water partition coefficient (Wildman–Crippen LogP) is 4.23. The van der Waals surface area contributed by atoms with Gasteiger partial charge in [0.2, 0.25) is 0 Å². The van der Waals surface area contributed by atoms with Crippen LogP contribution in [-0.4, -0.2) is 57.9 Å². The summed E-state index contributed by atoms with van der Waals surface area (Å²) < 4.78 is 72.5. The van der Waals surface area contributed by atoms with Crippen molar-refractivity contribution < 1.29 is 31.1 Å². The molecule has 40 heavy (non-hydrogen) atoms. The highest BCUT2D eigenvalue weighted by atomic mass is 32.2. The highest BCUT2D eigenvalue weighted by Gasteiger charge is 2.45. The zero-order valence-corrected chi connectivity index (χ0v) is 22.8. The summed E-state index contributed by atoms with van der Waals surface area (Å²) >= 11 is 0. The number of aromatic amines is 1. The summed E-state index contributed by atoms with van der Waals surface area (Å²) in [4.78, 5) is 30.2. The van der Waals surface area contributed by atoms with Crippen LogP contribution in [0.5, 0.6) is 5.75 Å². The summed E-state index contributed by atoms with van der Waals surface area (Å²) in [6.07, 6.45) is -0.659. The van der Waals surface area contributed by atoms with Gasteiger partial charge in [0.15, 0.2) is 9.84 Å². The standard InChI is InChI=1S/C27H29F3N4O5S/c1-26(2,40(37,38)21-5-3-4-18(14-21)27(28,29)30)17-10-12-33(13-11-17)24(35)22-9-8-20(39-19-6-7-19)15-23(22)34-16-31-25(36)32-34/h3-5,8-9,14-17,19H,6-7,10-13H2,1-2H3,(H,32,36). The molecular formula is C27H29F3N4O5S. The Bertz CT molecular complexity index is 1580. The van der Waals surface area contributed by atoms with Gasteiger partial charge >= 0.3 is 11.9 Å².